The molecule has 0 bridgehead atoms. The molecule has 1 aromatic carbocycles. The van der Waals surface area contributed by atoms with Gasteiger partial charge in [0.05, 0.1) is 0 Å². The molecule has 0 amide bonds. The van der Waals surface area contributed by atoms with Crippen molar-refractivity contribution < 1.29 is 17.3 Å². The van der Waals surface area contributed by atoms with Gasteiger partial charge in [-0.15, -0.1) is 0 Å². The van der Waals surface area contributed by atoms with Gasteiger partial charge in [0.2, 0.25) is 9.05 Å². The summed E-state index contributed by atoms with van der Waals surface area (Å²) in [6.45, 7) is 1.64. The molecule has 0 aliphatic rings. The van der Waals surface area contributed by atoms with Gasteiger partial charge in [-0.05, 0) is 18.6 Å². The minimum Gasteiger partial charge on any atom is -0.356 e. The Balaban J connectivity index is 2.32. The summed E-state index contributed by atoms with van der Waals surface area (Å²) < 4.78 is 40.1. The van der Waals surface area contributed by atoms with E-state index in [2.05, 4.69) is 5.16 Å². The average molecular weight is 290 g/mol. The van der Waals surface area contributed by atoms with Gasteiger partial charge in [-0.3, -0.25) is 0 Å². The van der Waals surface area contributed by atoms with E-state index in [0.29, 0.717) is 16.9 Å². The van der Waals surface area contributed by atoms with E-state index in [4.69, 9.17) is 15.2 Å². The van der Waals surface area contributed by atoms with Crippen molar-refractivity contribution in [2.45, 2.75) is 12.7 Å². The Bertz CT molecular complexity index is 681. The minimum absolute atomic E-state index is 0.181. The molecule has 7 heteroatoms. The van der Waals surface area contributed by atoms with Crippen LogP contribution in [0.25, 0.3) is 11.3 Å². The number of aryl methyl sites for hydroxylation is 1. The van der Waals surface area contributed by atoms with E-state index in [0.717, 1.165) is 0 Å². The molecule has 0 saturated carbocycles. The van der Waals surface area contributed by atoms with E-state index in [-0.39, 0.29) is 11.5 Å². The van der Waals surface area contributed by atoms with Gasteiger partial charge in [0.1, 0.15) is 17.3 Å². The molecule has 4 nitrogen and oxygen atoms in total. The van der Waals surface area contributed by atoms with Crippen LogP contribution in [0.1, 0.15) is 11.3 Å². The standard InChI is InChI=1S/C11H9ClFNO3S/c1-7-2-3-8(4-10(7)13)11-5-9(14-17-11)6-18(12,15)16/h2-5H,6H2,1H3. The molecule has 0 fully saturated rings. The third-order valence-electron chi connectivity index (χ3n) is 2.34. The summed E-state index contributed by atoms with van der Waals surface area (Å²) in [6.07, 6.45) is 0. The largest absolute Gasteiger partial charge is 0.356 e. The Morgan fingerprint density at radius 1 is 1.39 bits per heavy atom. The van der Waals surface area contributed by atoms with Crippen LogP contribution in [-0.2, 0) is 14.8 Å². The predicted molar refractivity (Wildman–Crippen MR) is 65.1 cm³/mol. The molecule has 0 aliphatic heterocycles. The predicted octanol–water partition coefficient (Wildman–Crippen LogP) is 2.86. The second-order valence-electron chi connectivity index (χ2n) is 3.83. The van der Waals surface area contributed by atoms with Crippen molar-refractivity contribution in [2.75, 3.05) is 0 Å². The van der Waals surface area contributed by atoms with E-state index < -0.39 is 14.8 Å². The SMILES string of the molecule is Cc1ccc(-c2cc(CS(=O)(=O)Cl)no2)cc1F. The summed E-state index contributed by atoms with van der Waals surface area (Å²) in [5.41, 5.74) is 1.19. The Morgan fingerprint density at radius 2 is 2.11 bits per heavy atom. The van der Waals surface area contributed by atoms with Gasteiger partial charge >= 0.3 is 0 Å². The van der Waals surface area contributed by atoms with Gasteiger partial charge in [0.25, 0.3) is 0 Å². The fourth-order valence-electron chi connectivity index (χ4n) is 1.44. The molecule has 0 saturated heterocycles. The van der Waals surface area contributed by atoms with E-state index in [1.807, 2.05) is 0 Å². The van der Waals surface area contributed by atoms with Gasteiger partial charge in [0, 0.05) is 22.3 Å². The van der Waals surface area contributed by atoms with Crippen LogP contribution in [0.2, 0.25) is 0 Å². The van der Waals surface area contributed by atoms with Gasteiger partial charge < -0.3 is 4.52 Å². The van der Waals surface area contributed by atoms with Crippen molar-refractivity contribution in [3.8, 4) is 11.3 Å². The number of benzene rings is 1. The minimum atomic E-state index is -3.69. The molecule has 96 valence electrons. The zero-order valence-electron chi connectivity index (χ0n) is 9.35. The third kappa shape index (κ3) is 3.08. The van der Waals surface area contributed by atoms with Crippen molar-refractivity contribution in [3.63, 3.8) is 0 Å². The highest BCUT2D eigenvalue weighted by Gasteiger charge is 2.13. The molecule has 0 N–H and O–H groups in total. The molecular weight excluding hydrogens is 281 g/mol. The number of halogens is 2. The van der Waals surface area contributed by atoms with Crippen LogP contribution in [0.5, 0.6) is 0 Å². The first-order chi connectivity index (χ1) is 8.35. The molecular formula is C11H9ClFNO3S. The molecule has 1 heterocycles. The highest BCUT2D eigenvalue weighted by atomic mass is 35.7. The summed E-state index contributed by atoms with van der Waals surface area (Å²) >= 11 is 0. The first-order valence-corrected chi connectivity index (χ1v) is 7.47. The molecule has 0 atom stereocenters. The highest BCUT2D eigenvalue weighted by Crippen LogP contribution is 2.23. The normalized spacial score (nSPS) is 11.7. The first-order valence-electron chi connectivity index (χ1n) is 4.99. The number of nitrogens with zero attached hydrogens (tertiary/aromatic N) is 1. The lowest BCUT2D eigenvalue weighted by atomic mass is 10.1. The van der Waals surface area contributed by atoms with Crippen molar-refractivity contribution in [3.05, 3.63) is 41.3 Å². The number of aromatic nitrogens is 1. The van der Waals surface area contributed by atoms with Gasteiger partial charge in [0.15, 0.2) is 5.76 Å². The fraction of sp³-hybridized carbons (Fsp3) is 0.182. The highest BCUT2D eigenvalue weighted by molar-refractivity contribution is 8.13. The van der Waals surface area contributed by atoms with Crippen molar-refractivity contribution in [1.82, 2.24) is 5.16 Å². The molecule has 0 aliphatic carbocycles. The van der Waals surface area contributed by atoms with Crippen LogP contribution in [0.4, 0.5) is 4.39 Å². The zero-order chi connectivity index (χ0) is 13.3. The number of rotatable bonds is 3. The first kappa shape index (κ1) is 13.0. The van der Waals surface area contributed by atoms with Crippen molar-refractivity contribution in [1.29, 1.82) is 0 Å². The van der Waals surface area contributed by atoms with Crippen LogP contribution >= 0.6 is 10.7 Å². The van der Waals surface area contributed by atoms with Gasteiger partial charge in [-0.1, -0.05) is 17.3 Å². The van der Waals surface area contributed by atoms with Crippen molar-refractivity contribution in [2.24, 2.45) is 0 Å². The van der Waals surface area contributed by atoms with E-state index in [9.17, 15) is 12.8 Å². The second kappa shape index (κ2) is 4.70. The summed E-state index contributed by atoms with van der Waals surface area (Å²) in [6, 6.07) is 5.99. The molecule has 0 spiro atoms. The monoisotopic (exact) mass is 289 g/mol. The Labute approximate surface area is 108 Å². The van der Waals surface area contributed by atoms with Crippen LogP contribution in [0, 0.1) is 12.7 Å². The number of hydrogen-bond donors (Lipinski definition) is 0. The maximum atomic E-state index is 13.4. The molecule has 2 rings (SSSR count). The van der Waals surface area contributed by atoms with Crippen LogP contribution in [0.15, 0.2) is 28.8 Å². The smallest absolute Gasteiger partial charge is 0.238 e. The lowest BCUT2D eigenvalue weighted by Gasteiger charge is -1.98. The second-order valence-corrected chi connectivity index (χ2v) is 6.61. The van der Waals surface area contributed by atoms with Crippen molar-refractivity contribution >= 4 is 19.7 Å². The lowest BCUT2D eigenvalue weighted by Crippen LogP contribution is -1.94. The van der Waals surface area contributed by atoms with Crippen LogP contribution in [-0.4, -0.2) is 13.6 Å². The number of hydrogen-bond acceptors (Lipinski definition) is 4. The summed E-state index contributed by atoms with van der Waals surface area (Å²) in [7, 11) is 1.41. The maximum absolute atomic E-state index is 13.4. The topological polar surface area (TPSA) is 60.2 Å². The fourth-order valence-corrected chi connectivity index (χ4v) is 2.26. The summed E-state index contributed by atoms with van der Waals surface area (Å²) in [5.74, 6) is -0.494. The average Bonchev–Trinajstić information content (AvgIpc) is 2.68. The zero-order valence-corrected chi connectivity index (χ0v) is 10.9. The summed E-state index contributed by atoms with van der Waals surface area (Å²) in [4.78, 5) is 0. The van der Waals surface area contributed by atoms with Gasteiger partial charge in [-0.25, -0.2) is 12.8 Å². The maximum Gasteiger partial charge on any atom is 0.238 e. The quantitative estimate of drug-likeness (QED) is 0.815. The van der Waals surface area contributed by atoms with Crippen LogP contribution < -0.4 is 0 Å². The molecule has 0 radical (unpaired) electrons. The Kier molecular flexibility index (Phi) is 3.41. The third-order valence-corrected chi connectivity index (χ3v) is 3.30. The lowest BCUT2D eigenvalue weighted by molar-refractivity contribution is 0.425. The molecule has 18 heavy (non-hydrogen) atoms. The summed E-state index contributed by atoms with van der Waals surface area (Å²) in [5, 5.41) is 3.57. The van der Waals surface area contributed by atoms with E-state index in [1.165, 1.54) is 12.1 Å². The molecule has 0 unspecified atom stereocenters. The Morgan fingerprint density at radius 3 is 2.72 bits per heavy atom. The van der Waals surface area contributed by atoms with E-state index >= 15 is 0 Å². The Hall–Kier alpha value is -1.40. The van der Waals surface area contributed by atoms with E-state index in [1.54, 1.807) is 19.1 Å². The van der Waals surface area contributed by atoms with Gasteiger partial charge in [-0.2, -0.15) is 0 Å². The van der Waals surface area contributed by atoms with Crippen LogP contribution in [0.3, 0.4) is 0 Å². The molecule has 2 aromatic rings. The molecule has 1 aromatic heterocycles.